The van der Waals surface area contributed by atoms with Crippen LogP contribution in [0.25, 0.3) is 10.9 Å². The summed E-state index contributed by atoms with van der Waals surface area (Å²) in [5.41, 5.74) is 5.07. The lowest BCUT2D eigenvalue weighted by molar-refractivity contribution is -0.131. The van der Waals surface area contributed by atoms with Crippen LogP contribution >= 0.6 is 0 Å². The van der Waals surface area contributed by atoms with Crippen LogP contribution in [0.3, 0.4) is 0 Å². The Morgan fingerprint density at radius 1 is 1.16 bits per heavy atom. The number of carbonyl (C=O) groups excluding carboxylic acids is 1. The zero-order chi connectivity index (χ0) is 17.5. The first-order chi connectivity index (χ1) is 12.3. The third-order valence-corrected chi connectivity index (χ3v) is 3.97. The number of para-hydroxylation sites is 1. The highest BCUT2D eigenvalue weighted by atomic mass is 16.5. The lowest BCUT2D eigenvalue weighted by Crippen LogP contribution is -2.25. The second kappa shape index (κ2) is 8.32. The molecule has 0 saturated carbocycles. The molecule has 0 atom stereocenters. The number of aromatic amines is 1. The van der Waals surface area contributed by atoms with Crippen LogP contribution in [0.2, 0.25) is 0 Å². The van der Waals surface area contributed by atoms with Crippen molar-refractivity contribution in [3.05, 3.63) is 65.9 Å². The molecule has 4 N–H and O–H groups in total. The molecule has 6 nitrogen and oxygen atoms in total. The molecule has 130 valence electrons. The number of nitrogens with one attached hydrogen (secondary N) is 3. The second-order valence-electron chi connectivity index (χ2n) is 5.76. The Hall–Kier alpha value is -2.83. The van der Waals surface area contributed by atoms with E-state index in [1.165, 1.54) is 16.4 Å². The molecule has 0 radical (unpaired) electrons. The van der Waals surface area contributed by atoms with E-state index in [1.807, 2.05) is 24.3 Å². The molecule has 1 amide bonds. The highest BCUT2D eigenvalue weighted by molar-refractivity contribution is 5.83. The zero-order valence-corrected chi connectivity index (χ0v) is 13.8. The molecule has 1 aromatic heterocycles. The van der Waals surface area contributed by atoms with Gasteiger partial charge >= 0.3 is 0 Å². The average molecular weight is 339 g/mol. The summed E-state index contributed by atoms with van der Waals surface area (Å²) in [7, 11) is 0. The van der Waals surface area contributed by atoms with Crippen LogP contribution in [0.15, 0.2) is 54.7 Å². The van der Waals surface area contributed by atoms with E-state index in [0.29, 0.717) is 12.3 Å². The van der Waals surface area contributed by atoms with Gasteiger partial charge in [0.15, 0.2) is 6.61 Å². The minimum atomic E-state index is -0.581. The van der Waals surface area contributed by atoms with Crippen LogP contribution in [0, 0.1) is 0 Å². The van der Waals surface area contributed by atoms with Gasteiger partial charge in [-0.15, -0.1) is 0 Å². The summed E-state index contributed by atoms with van der Waals surface area (Å²) >= 11 is 0. The fourth-order valence-electron chi connectivity index (χ4n) is 2.72. The third-order valence-electron chi connectivity index (χ3n) is 3.97. The number of hydrogen-bond donors (Lipinski definition) is 4. The third kappa shape index (κ3) is 4.59. The van der Waals surface area contributed by atoms with E-state index in [9.17, 15) is 4.79 Å². The molecule has 0 unspecified atom stereocenters. The lowest BCUT2D eigenvalue weighted by atomic mass is 10.1. The first kappa shape index (κ1) is 17.0. The summed E-state index contributed by atoms with van der Waals surface area (Å²) < 4.78 is 5.31. The van der Waals surface area contributed by atoms with Gasteiger partial charge in [0.2, 0.25) is 0 Å². The Labute approximate surface area is 145 Å². The van der Waals surface area contributed by atoms with Crippen LogP contribution in [0.5, 0.6) is 5.75 Å². The molecule has 0 aliphatic carbocycles. The van der Waals surface area contributed by atoms with Crippen LogP contribution < -0.4 is 15.5 Å². The van der Waals surface area contributed by atoms with Gasteiger partial charge in [-0.05, 0) is 42.3 Å². The van der Waals surface area contributed by atoms with Gasteiger partial charge in [-0.25, -0.2) is 5.48 Å². The molecule has 0 aliphatic heterocycles. The van der Waals surface area contributed by atoms with Crippen LogP contribution in [-0.4, -0.2) is 29.3 Å². The molecule has 3 aromatic rings. The molecule has 1 heterocycles. The van der Waals surface area contributed by atoms with E-state index in [4.69, 9.17) is 9.94 Å². The predicted octanol–water partition coefficient (Wildman–Crippen LogP) is 2.38. The second-order valence-corrected chi connectivity index (χ2v) is 5.76. The SMILES string of the molecule is O=C(COc1cccc(CNCCc2c[nH]c3ccccc23)c1)NO. The maximum atomic E-state index is 11.0. The van der Waals surface area contributed by atoms with E-state index in [-0.39, 0.29) is 6.61 Å². The van der Waals surface area contributed by atoms with E-state index >= 15 is 0 Å². The number of fused-ring (bicyclic) bond motifs is 1. The van der Waals surface area contributed by atoms with Crippen molar-refractivity contribution in [3.63, 3.8) is 0 Å². The summed E-state index contributed by atoms with van der Waals surface area (Å²) in [5, 5.41) is 13.1. The summed E-state index contributed by atoms with van der Waals surface area (Å²) in [6.45, 7) is 1.36. The van der Waals surface area contributed by atoms with Gasteiger partial charge in [0.05, 0.1) is 0 Å². The van der Waals surface area contributed by atoms with E-state index in [2.05, 4.69) is 34.7 Å². The highest BCUT2D eigenvalue weighted by Gasteiger charge is 2.04. The Morgan fingerprint density at radius 3 is 2.92 bits per heavy atom. The molecule has 25 heavy (non-hydrogen) atoms. The first-order valence-electron chi connectivity index (χ1n) is 8.16. The first-order valence-corrected chi connectivity index (χ1v) is 8.16. The standard InChI is InChI=1S/C19H21N3O3/c23-19(22-24)13-25-16-5-3-4-14(10-16)11-20-9-8-15-12-21-18-7-2-1-6-17(15)18/h1-7,10,12,20-21,24H,8-9,11,13H2,(H,22,23). The monoisotopic (exact) mass is 339 g/mol. The fourth-order valence-corrected chi connectivity index (χ4v) is 2.72. The average Bonchev–Trinajstić information content (AvgIpc) is 3.07. The number of rotatable bonds is 8. The fraction of sp³-hybridized carbons (Fsp3) is 0.211. The van der Waals surface area contributed by atoms with Crippen molar-refractivity contribution in [3.8, 4) is 5.75 Å². The molecule has 2 aromatic carbocycles. The largest absolute Gasteiger partial charge is 0.484 e. The van der Waals surface area contributed by atoms with Gasteiger partial charge in [-0.2, -0.15) is 0 Å². The molecule has 0 aliphatic rings. The molecule has 0 fully saturated rings. The summed E-state index contributed by atoms with van der Waals surface area (Å²) in [5.74, 6) is 0.0155. The van der Waals surface area contributed by atoms with E-state index in [0.717, 1.165) is 24.0 Å². The number of hydrogen-bond acceptors (Lipinski definition) is 4. The minimum absolute atomic E-state index is 0.214. The molecule has 3 rings (SSSR count). The Kier molecular flexibility index (Phi) is 5.66. The zero-order valence-electron chi connectivity index (χ0n) is 13.8. The van der Waals surface area contributed by atoms with Crippen molar-refractivity contribution in [1.29, 1.82) is 0 Å². The number of benzene rings is 2. The maximum absolute atomic E-state index is 11.0. The minimum Gasteiger partial charge on any atom is -0.484 e. The number of hydroxylamine groups is 1. The quantitative estimate of drug-likeness (QED) is 0.288. The molecule has 0 bridgehead atoms. The number of carbonyl (C=O) groups is 1. The number of aromatic nitrogens is 1. The van der Waals surface area contributed by atoms with Gasteiger partial charge in [0.1, 0.15) is 5.75 Å². The van der Waals surface area contributed by atoms with Crippen molar-refractivity contribution in [2.24, 2.45) is 0 Å². The van der Waals surface area contributed by atoms with Crippen LogP contribution in [0.4, 0.5) is 0 Å². The Balaban J connectivity index is 1.48. The lowest BCUT2D eigenvalue weighted by Gasteiger charge is -2.08. The van der Waals surface area contributed by atoms with Gasteiger partial charge in [0.25, 0.3) is 5.91 Å². The van der Waals surface area contributed by atoms with Gasteiger partial charge < -0.3 is 15.0 Å². The van der Waals surface area contributed by atoms with Crippen molar-refractivity contribution >= 4 is 16.8 Å². The van der Waals surface area contributed by atoms with Crippen LogP contribution in [0.1, 0.15) is 11.1 Å². The van der Waals surface area contributed by atoms with Gasteiger partial charge in [0, 0.05) is 23.6 Å². The normalized spacial score (nSPS) is 10.8. The molecule has 0 saturated heterocycles. The number of amides is 1. The summed E-state index contributed by atoms with van der Waals surface area (Å²) in [6, 6.07) is 15.8. The van der Waals surface area contributed by atoms with E-state index in [1.54, 1.807) is 6.07 Å². The van der Waals surface area contributed by atoms with Crippen molar-refractivity contribution in [2.45, 2.75) is 13.0 Å². The van der Waals surface area contributed by atoms with Gasteiger partial charge in [-0.1, -0.05) is 30.3 Å². The van der Waals surface area contributed by atoms with Crippen molar-refractivity contribution in [2.75, 3.05) is 13.2 Å². The van der Waals surface area contributed by atoms with Crippen molar-refractivity contribution < 1.29 is 14.7 Å². The number of ether oxygens (including phenoxy) is 1. The molecular weight excluding hydrogens is 318 g/mol. The molecule has 0 spiro atoms. The summed E-state index contributed by atoms with van der Waals surface area (Å²) in [6.07, 6.45) is 3.00. The van der Waals surface area contributed by atoms with E-state index < -0.39 is 5.91 Å². The topological polar surface area (TPSA) is 86.4 Å². The van der Waals surface area contributed by atoms with Crippen molar-refractivity contribution in [1.82, 2.24) is 15.8 Å². The highest BCUT2D eigenvalue weighted by Crippen LogP contribution is 2.18. The Morgan fingerprint density at radius 2 is 2.04 bits per heavy atom. The number of H-pyrrole nitrogens is 1. The maximum Gasteiger partial charge on any atom is 0.281 e. The summed E-state index contributed by atoms with van der Waals surface area (Å²) in [4.78, 5) is 14.3. The molecular formula is C19H21N3O3. The van der Waals surface area contributed by atoms with Crippen LogP contribution in [-0.2, 0) is 17.8 Å². The smallest absolute Gasteiger partial charge is 0.281 e. The van der Waals surface area contributed by atoms with Gasteiger partial charge in [-0.3, -0.25) is 10.0 Å². The predicted molar refractivity (Wildman–Crippen MR) is 95.6 cm³/mol. The Bertz CT molecular complexity index is 845. The molecule has 6 heteroatoms.